The number of benzene rings is 2. The van der Waals surface area contributed by atoms with Crippen molar-refractivity contribution >= 4 is 40.9 Å². The van der Waals surface area contributed by atoms with Crippen LogP contribution in [0.15, 0.2) is 48.5 Å². The molecule has 1 atom stereocenters. The Morgan fingerprint density at radius 2 is 1.76 bits per heavy atom. The zero-order chi connectivity index (χ0) is 18.4. The first kappa shape index (κ1) is 19.3. The van der Waals surface area contributed by atoms with Crippen LogP contribution in [0.1, 0.15) is 28.1 Å². The van der Waals surface area contributed by atoms with Crippen molar-refractivity contribution in [3.05, 3.63) is 64.7 Å². The highest BCUT2D eigenvalue weighted by Gasteiger charge is 2.12. The molecule has 0 aromatic heterocycles. The highest BCUT2D eigenvalue weighted by Crippen LogP contribution is 2.32. The van der Waals surface area contributed by atoms with Gasteiger partial charge in [-0.2, -0.15) is 0 Å². The van der Waals surface area contributed by atoms with Gasteiger partial charge in [0.2, 0.25) is 5.91 Å². The molecule has 0 fully saturated rings. The van der Waals surface area contributed by atoms with E-state index in [1.165, 1.54) is 16.7 Å². The molecule has 0 heterocycles. The molecule has 4 nitrogen and oxygen atoms in total. The third-order valence-electron chi connectivity index (χ3n) is 3.63. The second kappa shape index (κ2) is 8.92. The number of carbonyl (C=O) groups excluding carboxylic acids is 2. The number of halogens is 1. The summed E-state index contributed by atoms with van der Waals surface area (Å²) in [4.78, 5) is 25.5. The summed E-state index contributed by atoms with van der Waals surface area (Å²) >= 11 is 7.71. The van der Waals surface area contributed by atoms with Gasteiger partial charge in [-0.1, -0.05) is 29.8 Å². The molecule has 0 spiro atoms. The normalized spacial score (nSPS) is 11.7. The monoisotopic (exact) mass is 376 g/mol. The average Bonchev–Trinajstić information content (AvgIpc) is 2.60. The van der Waals surface area contributed by atoms with Crippen LogP contribution in [0.25, 0.3) is 0 Å². The van der Waals surface area contributed by atoms with E-state index in [1.54, 1.807) is 38.4 Å². The van der Waals surface area contributed by atoms with Gasteiger partial charge in [0.1, 0.15) is 0 Å². The Labute approximate surface area is 157 Å². The maximum atomic E-state index is 12.1. The van der Waals surface area contributed by atoms with Crippen molar-refractivity contribution < 1.29 is 9.59 Å². The number of hydrogen-bond acceptors (Lipinski definition) is 3. The van der Waals surface area contributed by atoms with Crippen molar-refractivity contribution in [3.8, 4) is 0 Å². The summed E-state index contributed by atoms with van der Waals surface area (Å²) in [6.45, 7) is 2.03. The van der Waals surface area contributed by atoms with Gasteiger partial charge in [-0.05, 0) is 42.8 Å². The molecule has 0 bridgehead atoms. The van der Waals surface area contributed by atoms with E-state index in [1.807, 2.05) is 31.2 Å². The van der Waals surface area contributed by atoms with Gasteiger partial charge in [-0.3, -0.25) is 9.59 Å². The first-order valence-electron chi connectivity index (χ1n) is 7.86. The molecule has 2 rings (SSSR count). The smallest absolute Gasteiger partial charge is 0.253 e. The molecule has 0 aliphatic rings. The van der Waals surface area contributed by atoms with E-state index in [2.05, 4.69) is 5.32 Å². The molecule has 2 aromatic carbocycles. The van der Waals surface area contributed by atoms with Crippen LogP contribution in [0.4, 0.5) is 5.69 Å². The molecular formula is C19H21ClN2O2S. The summed E-state index contributed by atoms with van der Waals surface area (Å²) in [5.41, 5.74) is 2.28. The molecule has 25 heavy (non-hydrogen) atoms. The zero-order valence-corrected chi connectivity index (χ0v) is 16.0. The maximum Gasteiger partial charge on any atom is 0.253 e. The van der Waals surface area contributed by atoms with Crippen molar-refractivity contribution in [2.75, 3.05) is 25.2 Å². The highest BCUT2D eigenvalue weighted by molar-refractivity contribution is 8.00. The van der Waals surface area contributed by atoms with E-state index >= 15 is 0 Å². The van der Waals surface area contributed by atoms with Gasteiger partial charge in [0.05, 0.1) is 5.75 Å². The van der Waals surface area contributed by atoms with Crippen LogP contribution >= 0.6 is 23.4 Å². The van der Waals surface area contributed by atoms with E-state index in [0.29, 0.717) is 22.0 Å². The Hall–Kier alpha value is -1.98. The Balaban J connectivity index is 1.88. The van der Waals surface area contributed by atoms with Gasteiger partial charge in [0.15, 0.2) is 0 Å². The van der Waals surface area contributed by atoms with E-state index in [4.69, 9.17) is 11.6 Å². The highest BCUT2D eigenvalue weighted by atomic mass is 35.5. The summed E-state index contributed by atoms with van der Waals surface area (Å²) in [6, 6.07) is 14.5. The van der Waals surface area contributed by atoms with Crippen molar-refractivity contribution in [2.24, 2.45) is 0 Å². The van der Waals surface area contributed by atoms with Crippen molar-refractivity contribution in [1.82, 2.24) is 4.90 Å². The average molecular weight is 377 g/mol. The first-order chi connectivity index (χ1) is 11.9. The van der Waals surface area contributed by atoms with Crippen LogP contribution in [0.5, 0.6) is 0 Å². The second-order valence-electron chi connectivity index (χ2n) is 5.80. The minimum atomic E-state index is -0.0874. The SMILES string of the molecule is CC(SCC(=O)Nc1ccc(C(=O)N(C)C)cc1)c1ccccc1Cl. The lowest BCUT2D eigenvalue weighted by atomic mass is 10.2. The third kappa shape index (κ3) is 5.51. The van der Waals surface area contributed by atoms with Crippen LogP contribution in [-0.4, -0.2) is 36.6 Å². The van der Waals surface area contributed by atoms with Crippen LogP contribution in [0, 0.1) is 0 Å². The van der Waals surface area contributed by atoms with Crippen LogP contribution in [0.3, 0.4) is 0 Å². The Morgan fingerprint density at radius 3 is 2.36 bits per heavy atom. The van der Waals surface area contributed by atoms with Crippen molar-refractivity contribution in [3.63, 3.8) is 0 Å². The summed E-state index contributed by atoms with van der Waals surface area (Å²) in [7, 11) is 3.41. The molecule has 2 aromatic rings. The lowest BCUT2D eigenvalue weighted by Gasteiger charge is -2.13. The predicted octanol–water partition coefficient (Wildman–Crippen LogP) is 4.47. The number of carbonyl (C=O) groups is 2. The van der Waals surface area contributed by atoms with Gasteiger partial charge in [-0.15, -0.1) is 11.8 Å². The van der Waals surface area contributed by atoms with Crippen LogP contribution < -0.4 is 5.32 Å². The predicted molar refractivity (Wildman–Crippen MR) is 105 cm³/mol. The largest absolute Gasteiger partial charge is 0.345 e. The second-order valence-corrected chi connectivity index (χ2v) is 7.54. The minimum Gasteiger partial charge on any atom is -0.345 e. The topological polar surface area (TPSA) is 49.4 Å². The zero-order valence-electron chi connectivity index (χ0n) is 14.5. The molecule has 6 heteroatoms. The molecule has 0 aliphatic heterocycles. The number of thioether (sulfide) groups is 1. The number of rotatable bonds is 6. The number of nitrogens with one attached hydrogen (secondary N) is 1. The molecular weight excluding hydrogens is 356 g/mol. The van der Waals surface area contributed by atoms with E-state index in [0.717, 1.165) is 5.56 Å². The number of amides is 2. The molecule has 2 amide bonds. The maximum absolute atomic E-state index is 12.1. The molecule has 0 saturated carbocycles. The number of hydrogen-bond donors (Lipinski definition) is 1. The molecule has 1 unspecified atom stereocenters. The Bertz CT molecular complexity index is 747. The molecule has 0 aliphatic carbocycles. The van der Waals surface area contributed by atoms with Crippen LogP contribution in [-0.2, 0) is 4.79 Å². The van der Waals surface area contributed by atoms with Gasteiger partial charge in [0.25, 0.3) is 5.91 Å². The Morgan fingerprint density at radius 1 is 1.12 bits per heavy atom. The quantitative estimate of drug-likeness (QED) is 0.808. The fraction of sp³-hybridized carbons (Fsp3) is 0.263. The molecule has 0 saturated heterocycles. The van der Waals surface area contributed by atoms with E-state index < -0.39 is 0 Å². The van der Waals surface area contributed by atoms with Crippen molar-refractivity contribution in [2.45, 2.75) is 12.2 Å². The molecule has 1 N–H and O–H groups in total. The summed E-state index contributed by atoms with van der Waals surface area (Å²) < 4.78 is 0. The minimum absolute atomic E-state index is 0.0676. The van der Waals surface area contributed by atoms with E-state index in [9.17, 15) is 9.59 Å². The van der Waals surface area contributed by atoms with Gasteiger partial charge < -0.3 is 10.2 Å². The number of nitrogens with zero attached hydrogens (tertiary/aromatic N) is 1. The molecule has 132 valence electrons. The fourth-order valence-corrected chi connectivity index (χ4v) is 3.47. The van der Waals surface area contributed by atoms with E-state index in [-0.39, 0.29) is 17.1 Å². The van der Waals surface area contributed by atoms with Crippen LogP contribution in [0.2, 0.25) is 5.02 Å². The first-order valence-corrected chi connectivity index (χ1v) is 9.28. The molecule has 0 radical (unpaired) electrons. The summed E-state index contributed by atoms with van der Waals surface area (Å²) in [6.07, 6.45) is 0. The third-order valence-corrected chi connectivity index (χ3v) is 5.16. The standard InChI is InChI=1S/C19H21ClN2O2S/c1-13(16-6-4-5-7-17(16)20)25-12-18(23)21-15-10-8-14(9-11-15)19(24)22(2)3/h4-11,13H,12H2,1-3H3,(H,21,23). The fourth-order valence-electron chi connectivity index (χ4n) is 2.25. The van der Waals surface area contributed by atoms with Gasteiger partial charge in [0, 0.05) is 35.6 Å². The lowest BCUT2D eigenvalue weighted by molar-refractivity contribution is -0.113. The number of anilines is 1. The summed E-state index contributed by atoms with van der Waals surface area (Å²) in [5, 5.41) is 3.68. The Kier molecular flexibility index (Phi) is 6.91. The lowest BCUT2D eigenvalue weighted by Crippen LogP contribution is -2.21. The van der Waals surface area contributed by atoms with Crippen molar-refractivity contribution in [1.29, 1.82) is 0 Å². The van der Waals surface area contributed by atoms with Gasteiger partial charge in [-0.25, -0.2) is 0 Å². The van der Waals surface area contributed by atoms with Gasteiger partial charge >= 0.3 is 0 Å². The summed E-state index contributed by atoms with van der Waals surface area (Å²) in [5.74, 6) is 0.169.